The van der Waals surface area contributed by atoms with Crippen molar-refractivity contribution in [2.24, 2.45) is 11.8 Å². The predicted molar refractivity (Wildman–Crippen MR) is 182 cm³/mol. The molecule has 0 amide bonds. The van der Waals surface area contributed by atoms with E-state index in [2.05, 4.69) is 47.3 Å². The Morgan fingerprint density at radius 3 is 2.43 bits per heavy atom. The van der Waals surface area contributed by atoms with Gasteiger partial charge in [-0.3, -0.25) is 9.29 Å². The summed E-state index contributed by atoms with van der Waals surface area (Å²) in [5.74, 6) is 1.70. The fourth-order valence-corrected chi connectivity index (χ4v) is 7.45. The molecule has 47 heavy (non-hydrogen) atoms. The van der Waals surface area contributed by atoms with Gasteiger partial charge in [-0.15, -0.1) is 5.10 Å². The molecule has 7 rings (SSSR count). The van der Waals surface area contributed by atoms with Crippen molar-refractivity contribution in [2.45, 2.75) is 58.1 Å². The van der Waals surface area contributed by atoms with Crippen LogP contribution >= 0.6 is 0 Å². The molecular weight excluding hydrogens is 596 g/mol. The van der Waals surface area contributed by atoms with Crippen molar-refractivity contribution in [3.8, 4) is 11.5 Å². The fourth-order valence-electron chi connectivity index (χ4n) is 7.45. The maximum absolute atomic E-state index is 15.6. The van der Waals surface area contributed by atoms with E-state index in [0.717, 1.165) is 97.4 Å². The van der Waals surface area contributed by atoms with Gasteiger partial charge in [0.05, 0.1) is 24.7 Å². The van der Waals surface area contributed by atoms with E-state index in [4.69, 9.17) is 14.2 Å². The van der Waals surface area contributed by atoms with Gasteiger partial charge in [-0.1, -0.05) is 30.7 Å². The molecule has 3 heterocycles. The third-order valence-electron chi connectivity index (χ3n) is 10.3. The molecule has 6 nitrogen and oxygen atoms in total. The van der Waals surface area contributed by atoms with Crippen molar-refractivity contribution in [1.82, 2.24) is 14.7 Å². The van der Waals surface area contributed by atoms with Gasteiger partial charge >= 0.3 is 0 Å². The summed E-state index contributed by atoms with van der Waals surface area (Å²) in [5, 5.41) is 4.82. The zero-order chi connectivity index (χ0) is 32.3. The zero-order valence-corrected chi connectivity index (χ0v) is 27.5. The number of allylic oxidation sites excluding steroid dienone is 1. The number of nitrogens with zero attached hydrogens (tertiary/aromatic N) is 3. The molecule has 248 valence electrons. The van der Waals surface area contributed by atoms with Gasteiger partial charge in [0, 0.05) is 25.6 Å². The molecule has 0 spiro atoms. The fraction of sp³-hybridized carbons (Fsp3) is 0.462. The van der Waals surface area contributed by atoms with Crippen LogP contribution in [0, 0.1) is 24.7 Å². The molecule has 2 saturated heterocycles. The van der Waals surface area contributed by atoms with Crippen molar-refractivity contribution in [3.63, 3.8) is 0 Å². The summed E-state index contributed by atoms with van der Waals surface area (Å²) in [5.41, 5.74) is 7.49. The standard InChI is InChI=1S/C39H45F2N3O3/c1-26-22-32(45-2)14-15-33(26)38(28-6-5-7-28)37(29-9-12-31(13-10-29)46-21-19-43-18-17-27(24-40)25-43)30-11-16-35-34(23-30)39(41)42-44(35)36-8-3-4-20-47-36/h9-16,22-23,27-28,36H,3-8,17-21,24-25H2,1-2H3/b38-37+/t27-,36?/m0/s1. The highest BCUT2D eigenvalue weighted by molar-refractivity contribution is 6.02. The minimum atomic E-state index is -0.471. The monoisotopic (exact) mass is 641 g/mol. The van der Waals surface area contributed by atoms with Gasteiger partial charge in [0.2, 0.25) is 5.95 Å². The lowest BCUT2D eigenvalue weighted by atomic mass is 9.72. The summed E-state index contributed by atoms with van der Waals surface area (Å²) < 4.78 is 48.0. The molecule has 2 atom stereocenters. The molecule has 4 aromatic rings. The lowest BCUT2D eigenvalue weighted by Gasteiger charge is -2.32. The Morgan fingerprint density at radius 2 is 1.74 bits per heavy atom. The Bertz CT molecular complexity index is 1720. The largest absolute Gasteiger partial charge is 0.497 e. The van der Waals surface area contributed by atoms with Crippen molar-refractivity contribution < 1.29 is 23.0 Å². The molecule has 1 aliphatic carbocycles. The van der Waals surface area contributed by atoms with E-state index >= 15 is 4.39 Å². The molecule has 0 radical (unpaired) electrons. The van der Waals surface area contributed by atoms with E-state index in [1.54, 1.807) is 11.8 Å². The van der Waals surface area contributed by atoms with Crippen LogP contribution < -0.4 is 9.47 Å². The number of hydrogen-bond donors (Lipinski definition) is 0. The highest BCUT2D eigenvalue weighted by atomic mass is 19.1. The Hall–Kier alpha value is -3.75. The van der Waals surface area contributed by atoms with Crippen LogP contribution in [0.4, 0.5) is 8.78 Å². The number of halogens is 2. The number of fused-ring (bicyclic) bond motifs is 1. The smallest absolute Gasteiger partial charge is 0.240 e. The number of benzene rings is 3. The zero-order valence-electron chi connectivity index (χ0n) is 27.5. The van der Waals surface area contributed by atoms with Crippen LogP contribution in [0.25, 0.3) is 22.0 Å². The second-order valence-corrected chi connectivity index (χ2v) is 13.4. The summed E-state index contributed by atoms with van der Waals surface area (Å²) in [7, 11) is 1.69. The normalized spacial score (nSPS) is 21.1. The van der Waals surface area contributed by atoms with Crippen molar-refractivity contribution in [1.29, 1.82) is 0 Å². The number of likely N-dealkylation sites (tertiary alicyclic amines) is 1. The van der Waals surface area contributed by atoms with E-state index < -0.39 is 5.95 Å². The van der Waals surface area contributed by atoms with Gasteiger partial charge in [-0.2, -0.15) is 4.39 Å². The van der Waals surface area contributed by atoms with Gasteiger partial charge < -0.3 is 14.2 Å². The first-order chi connectivity index (χ1) is 23.0. The average molecular weight is 642 g/mol. The van der Waals surface area contributed by atoms with E-state index in [-0.39, 0.29) is 18.8 Å². The van der Waals surface area contributed by atoms with Crippen LogP contribution in [0.2, 0.25) is 0 Å². The van der Waals surface area contributed by atoms with E-state index in [1.165, 1.54) is 17.6 Å². The lowest BCUT2D eigenvalue weighted by molar-refractivity contribution is -0.0375. The van der Waals surface area contributed by atoms with Gasteiger partial charge in [-0.25, -0.2) is 4.68 Å². The summed E-state index contributed by atoms with van der Waals surface area (Å²) >= 11 is 0. The Labute approximate surface area is 276 Å². The van der Waals surface area contributed by atoms with Gasteiger partial charge in [0.25, 0.3) is 0 Å². The van der Waals surface area contributed by atoms with Crippen molar-refractivity contribution >= 4 is 22.0 Å². The van der Waals surface area contributed by atoms with E-state index in [1.807, 2.05) is 30.3 Å². The quantitative estimate of drug-likeness (QED) is 0.154. The van der Waals surface area contributed by atoms with Crippen molar-refractivity contribution in [2.75, 3.05) is 46.6 Å². The van der Waals surface area contributed by atoms with Crippen molar-refractivity contribution in [3.05, 3.63) is 88.9 Å². The molecule has 3 fully saturated rings. The van der Waals surface area contributed by atoms with E-state index in [9.17, 15) is 4.39 Å². The molecule has 0 bridgehead atoms. The first-order valence-corrected chi connectivity index (χ1v) is 17.2. The van der Waals surface area contributed by atoms with Crippen LogP contribution in [0.1, 0.15) is 73.4 Å². The number of aromatic nitrogens is 2. The van der Waals surface area contributed by atoms with Crippen LogP contribution in [0.15, 0.2) is 60.7 Å². The second-order valence-electron chi connectivity index (χ2n) is 13.4. The minimum absolute atomic E-state index is 0.154. The van der Waals surface area contributed by atoms with Crippen LogP contribution in [-0.4, -0.2) is 61.3 Å². The number of rotatable bonds is 11. The first-order valence-electron chi connectivity index (χ1n) is 17.2. The molecule has 3 aromatic carbocycles. The number of aryl methyl sites for hydroxylation is 1. The maximum atomic E-state index is 15.6. The number of hydrogen-bond acceptors (Lipinski definition) is 5. The Morgan fingerprint density at radius 1 is 0.936 bits per heavy atom. The summed E-state index contributed by atoms with van der Waals surface area (Å²) in [4.78, 5) is 2.28. The Balaban J connectivity index is 1.27. The van der Waals surface area contributed by atoms with Gasteiger partial charge in [0.15, 0.2) is 6.23 Å². The van der Waals surface area contributed by atoms with Crippen LogP contribution in [0.3, 0.4) is 0 Å². The van der Waals surface area contributed by atoms with Gasteiger partial charge in [0.1, 0.15) is 18.1 Å². The summed E-state index contributed by atoms with van der Waals surface area (Å²) in [6.07, 6.45) is 6.98. The molecule has 8 heteroatoms. The summed E-state index contributed by atoms with van der Waals surface area (Å²) in [6, 6.07) is 20.7. The highest BCUT2D eigenvalue weighted by Gasteiger charge is 2.29. The molecular formula is C39H45F2N3O3. The summed E-state index contributed by atoms with van der Waals surface area (Å²) in [6.45, 7) is 5.64. The number of alkyl halides is 1. The van der Waals surface area contributed by atoms with E-state index in [0.29, 0.717) is 24.5 Å². The molecule has 1 unspecified atom stereocenters. The maximum Gasteiger partial charge on any atom is 0.240 e. The SMILES string of the molecule is COc1ccc(/C(=C(\c2ccc(OCCN3CC[C@@H](CF)C3)cc2)c2ccc3c(c2)c(F)nn3C2CCCCO2)C2CCC2)c(C)c1. The minimum Gasteiger partial charge on any atom is -0.497 e. The molecule has 1 aromatic heterocycles. The second kappa shape index (κ2) is 14.2. The van der Waals surface area contributed by atoms with Gasteiger partial charge in [-0.05, 0) is 128 Å². The number of methoxy groups -OCH3 is 1. The molecule has 0 N–H and O–H groups in total. The Kier molecular flexibility index (Phi) is 9.59. The van der Waals surface area contributed by atoms with Crippen LogP contribution in [-0.2, 0) is 4.74 Å². The highest BCUT2D eigenvalue weighted by Crippen LogP contribution is 2.47. The third-order valence-corrected chi connectivity index (χ3v) is 10.3. The molecule has 3 aliphatic rings. The third kappa shape index (κ3) is 6.68. The predicted octanol–water partition coefficient (Wildman–Crippen LogP) is 8.62. The lowest BCUT2D eigenvalue weighted by Crippen LogP contribution is -2.26. The average Bonchev–Trinajstić information content (AvgIpc) is 3.68. The first kappa shape index (κ1) is 31.8. The topological polar surface area (TPSA) is 48.8 Å². The molecule has 2 aliphatic heterocycles. The van der Waals surface area contributed by atoms with Crippen LogP contribution in [0.5, 0.6) is 11.5 Å². The number of ether oxygens (including phenoxy) is 3. The molecule has 1 saturated carbocycles.